The molecule has 0 radical (unpaired) electrons. The van der Waals surface area contributed by atoms with Gasteiger partial charge in [0.05, 0.1) is 0 Å². The summed E-state index contributed by atoms with van der Waals surface area (Å²) in [5.74, 6) is 4.42. The number of ether oxygens (including phenoxy) is 2. The summed E-state index contributed by atoms with van der Waals surface area (Å²) in [5.41, 5.74) is 3.36. The largest absolute Gasteiger partial charge is 0.352 e. The van der Waals surface area contributed by atoms with Crippen LogP contribution in [0.15, 0.2) is 24.3 Å². The van der Waals surface area contributed by atoms with Crippen molar-refractivity contribution in [2.45, 2.75) is 51.5 Å². The summed E-state index contributed by atoms with van der Waals surface area (Å²) in [4.78, 5) is 39.5. The van der Waals surface area contributed by atoms with E-state index in [-0.39, 0.29) is 17.7 Å². The van der Waals surface area contributed by atoms with Crippen molar-refractivity contribution in [3.63, 3.8) is 0 Å². The molecular formula is C21H32N4O5. The average molecular weight is 421 g/mol. The minimum absolute atomic E-state index is 0.190. The van der Waals surface area contributed by atoms with Gasteiger partial charge in [-0.2, -0.15) is 0 Å². The number of rotatable bonds is 9. The van der Waals surface area contributed by atoms with Gasteiger partial charge < -0.3 is 19.7 Å². The fourth-order valence-corrected chi connectivity index (χ4v) is 3.67. The number of carbonyl (C=O) groups is 3. The van der Waals surface area contributed by atoms with Crippen LogP contribution < -0.4 is 16.6 Å². The first-order valence-electron chi connectivity index (χ1n) is 10.1. The molecule has 9 heteroatoms. The van der Waals surface area contributed by atoms with Crippen LogP contribution in [0.4, 0.5) is 0 Å². The van der Waals surface area contributed by atoms with Gasteiger partial charge in [-0.15, -0.1) is 0 Å². The molecule has 1 fully saturated rings. The molecule has 2 atom stereocenters. The zero-order valence-electron chi connectivity index (χ0n) is 18.0. The molecule has 166 valence electrons. The molecule has 0 aromatic heterocycles. The lowest BCUT2D eigenvalue weighted by atomic mass is 10.0. The summed E-state index contributed by atoms with van der Waals surface area (Å²) in [6.45, 7) is 4.39. The van der Waals surface area contributed by atoms with Gasteiger partial charge >= 0.3 is 0 Å². The lowest BCUT2D eigenvalue weighted by Gasteiger charge is -2.27. The minimum Gasteiger partial charge on any atom is -0.352 e. The number of nitrogens with one attached hydrogen (secondary N) is 2. The van der Waals surface area contributed by atoms with Gasteiger partial charge in [0, 0.05) is 31.9 Å². The molecule has 3 amide bonds. The Balaban J connectivity index is 2.11. The maximum atomic E-state index is 13.0. The van der Waals surface area contributed by atoms with E-state index in [0.717, 1.165) is 12.0 Å². The monoisotopic (exact) mass is 420 g/mol. The molecule has 1 aliphatic heterocycles. The highest BCUT2D eigenvalue weighted by Gasteiger charge is 2.36. The standard InChI is InChI=1S/C21H32N4O5/c1-13(2)12-16(18(26)24-22)23-19(27)17-6-5-11-25(17)20(28)14-7-9-15(10-8-14)21(29-3)30-4/h7-10,13,16-17,21H,5-6,11-12,22H2,1-4H3,(H,23,27)(H,24,26)/t16-,17-/m0/s1. The van der Waals surface area contributed by atoms with Gasteiger partial charge in [0.1, 0.15) is 12.1 Å². The second-order valence-electron chi connectivity index (χ2n) is 7.78. The van der Waals surface area contributed by atoms with Gasteiger partial charge in [-0.3, -0.25) is 19.8 Å². The number of hydrogen-bond acceptors (Lipinski definition) is 6. The third-order valence-electron chi connectivity index (χ3n) is 5.16. The maximum absolute atomic E-state index is 13.0. The van der Waals surface area contributed by atoms with Crippen molar-refractivity contribution in [3.05, 3.63) is 35.4 Å². The molecule has 2 rings (SSSR count). The first-order chi connectivity index (χ1) is 14.3. The number of likely N-dealkylation sites (tertiary alicyclic amines) is 1. The average Bonchev–Trinajstić information content (AvgIpc) is 3.23. The fourth-order valence-electron chi connectivity index (χ4n) is 3.67. The molecule has 1 aliphatic rings. The number of benzene rings is 1. The van der Waals surface area contributed by atoms with Gasteiger partial charge in [-0.25, -0.2) is 5.84 Å². The van der Waals surface area contributed by atoms with Crippen LogP contribution in [-0.2, 0) is 19.1 Å². The van der Waals surface area contributed by atoms with Crippen molar-refractivity contribution in [2.24, 2.45) is 11.8 Å². The molecule has 1 aromatic carbocycles. The summed E-state index contributed by atoms with van der Waals surface area (Å²) in [6.07, 6.45) is 1.21. The molecule has 30 heavy (non-hydrogen) atoms. The molecule has 1 aromatic rings. The van der Waals surface area contributed by atoms with Crippen LogP contribution >= 0.6 is 0 Å². The topological polar surface area (TPSA) is 123 Å². The first-order valence-corrected chi connectivity index (χ1v) is 10.1. The predicted octanol–water partition coefficient (Wildman–Crippen LogP) is 1.10. The molecule has 1 saturated heterocycles. The van der Waals surface area contributed by atoms with Crippen molar-refractivity contribution in [2.75, 3.05) is 20.8 Å². The van der Waals surface area contributed by atoms with Gasteiger partial charge in [-0.1, -0.05) is 26.0 Å². The summed E-state index contributed by atoms with van der Waals surface area (Å²) in [5, 5.41) is 2.76. The van der Waals surface area contributed by atoms with Crippen molar-refractivity contribution < 1.29 is 23.9 Å². The first kappa shape index (κ1) is 23.8. The molecule has 4 N–H and O–H groups in total. The highest BCUT2D eigenvalue weighted by Crippen LogP contribution is 2.23. The van der Waals surface area contributed by atoms with Crippen LogP contribution in [0.2, 0.25) is 0 Å². The Labute approximate surface area is 177 Å². The van der Waals surface area contributed by atoms with E-state index >= 15 is 0 Å². The summed E-state index contributed by atoms with van der Waals surface area (Å²) >= 11 is 0. The number of amides is 3. The number of carbonyl (C=O) groups excluding carboxylic acids is 3. The van der Waals surface area contributed by atoms with E-state index in [1.165, 1.54) is 14.2 Å². The molecule has 9 nitrogen and oxygen atoms in total. The van der Waals surface area contributed by atoms with Crippen molar-refractivity contribution in [1.82, 2.24) is 15.6 Å². The fraction of sp³-hybridized carbons (Fsp3) is 0.571. The Morgan fingerprint density at radius 1 is 1.17 bits per heavy atom. The maximum Gasteiger partial charge on any atom is 0.256 e. The smallest absolute Gasteiger partial charge is 0.256 e. The summed E-state index contributed by atoms with van der Waals surface area (Å²) < 4.78 is 10.4. The zero-order chi connectivity index (χ0) is 22.3. The molecule has 0 unspecified atom stereocenters. The van der Waals surface area contributed by atoms with Crippen molar-refractivity contribution in [1.29, 1.82) is 0 Å². The summed E-state index contributed by atoms with van der Waals surface area (Å²) in [7, 11) is 3.08. The number of hydrazine groups is 1. The lowest BCUT2D eigenvalue weighted by Crippen LogP contribution is -2.54. The van der Waals surface area contributed by atoms with Gasteiger partial charge in [0.2, 0.25) is 5.91 Å². The summed E-state index contributed by atoms with van der Waals surface area (Å²) in [6, 6.07) is 5.56. The number of methoxy groups -OCH3 is 2. The Morgan fingerprint density at radius 3 is 2.33 bits per heavy atom. The second-order valence-corrected chi connectivity index (χ2v) is 7.78. The molecule has 0 spiro atoms. The van der Waals surface area contributed by atoms with Crippen molar-refractivity contribution >= 4 is 17.7 Å². The third-order valence-corrected chi connectivity index (χ3v) is 5.16. The number of nitrogens with zero attached hydrogens (tertiary/aromatic N) is 1. The highest BCUT2D eigenvalue weighted by atomic mass is 16.7. The van der Waals surface area contributed by atoms with E-state index in [9.17, 15) is 14.4 Å². The van der Waals surface area contributed by atoms with E-state index in [4.69, 9.17) is 15.3 Å². The predicted molar refractivity (Wildman–Crippen MR) is 111 cm³/mol. The van der Waals surface area contributed by atoms with E-state index in [0.29, 0.717) is 24.9 Å². The van der Waals surface area contributed by atoms with Crippen LogP contribution in [0.5, 0.6) is 0 Å². The Bertz CT molecular complexity index is 733. The van der Waals surface area contributed by atoms with E-state index in [2.05, 4.69) is 10.7 Å². The van der Waals surface area contributed by atoms with Crippen LogP contribution in [0.25, 0.3) is 0 Å². The van der Waals surface area contributed by atoms with Crippen LogP contribution in [0.1, 0.15) is 55.3 Å². The molecule has 0 bridgehead atoms. The van der Waals surface area contributed by atoms with Gasteiger partial charge in [-0.05, 0) is 37.3 Å². The van der Waals surface area contributed by atoms with Crippen LogP contribution in [0.3, 0.4) is 0 Å². The molecule has 1 heterocycles. The van der Waals surface area contributed by atoms with Crippen LogP contribution in [0, 0.1) is 5.92 Å². The van der Waals surface area contributed by atoms with E-state index in [1.807, 2.05) is 13.8 Å². The highest BCUT2D eigenvalue weighted by molar-refractivity contribution is 5.98. The molecular weight excluding hydrogens is 388 g/mol. The van der Waals surface area contributed by atoms with Crippen molar-refractivity contribution in [3.8, 4) is 0 Å². The van der Waals surface area contributed by atoms with Gasteiger partial charge in [0.25, 0.3) is 11.8 Å². The zero-order valence-corrected chi connectivity index (χ0v) is 18.0. The molecule has 0 aliphatic carbocycles. The van der Waals surface area contributed by atoms with E-state index < -0.39 is 24.3 Å². The Hall–Kier alpha value is -2.49. The minimum atomic E-state index is -0.737. The Kier molecular flexibility index (Phi) is 8.76. The number of nitrogens with two attached hydrogens (primary N) is 1. The van der Waals surface area contributed by atoms with Gasteiger partial charge in [0.15, 0.2) is 6.29 Å². The normalized spacial score (nSPS) is 17.3. The lowest BCUT2D eigenvalue weighted by molar-refractivity contribution is -0.131. The second kappa shape index (κ2) is 11.1. The SMILES string of the molecule is COC(OC)c1ccc(C(=O)N2CCC[C@H]2C(=O)N[C@@H](CC(C)C)C(=O)NN)cc1. The van der Waals surface area contributed by atoms with Crippen LogP contribution in [-0.4, -0.2) is 55.5 Å². The Morgan fingerprint density at radius 2 is 1.80 bits per heavy atom. The third kappa shape index (κ3) is 5.78. The quantitative estimate of drug-likeness (QED) is 0.238. The molecule has 0 saturated carbocycles. The number of hydrogen-bond donors (Lipinski definition) is 3. The van der Waals surface area contributed by atoms with E-state index in [1.54, 1.807) is 29.2 Å².